The van der Waals surface area contributed by atoms with E-state index in [9.17, 15) is 22.4 Å². The predicted molar refractivity (Wildman–Crippen MR) is 99.1 cm³/mol. The molecule has 0 aliphatic carbocycles. The van der Waals surface area contributed by atoms with Gasteiger partial charge in [0.15, 0.2) is 11.9 Å². The molecule has 0 radical (unpaired) electrons. The number of esters is 1. The molecule has 0 fully saturated rings. The number of ketones is 1. The summed E-state index contributed by atoms with van der Waals surface area (Å²) in [6, 6.07) is 11.2. The average molecular weight is 404 g/mol. The van der Waals surface area contributed by atoms with Gasteiger partial charge in [-0.1, -0.05) is 12.1 Å². The molecule has 2 aromatic carbocycles. The topological polar surface area (TPSA) is 93.1 Å². The zero-order valence-corrected chi connectivity index (χ0v) is 15.9. The van der Waals surface area contributed by atoms with Gasteiger partial charge in [-0.15, -0.1) is 4.40 Å². The lowest BCUT2D eigenvalue weighted by atomic mass is 10.1. The average Bonchev–Trinajstić information content (AvgIpc) is 2.93. The zero-order chi connectivity index (χ0) is 20.5. The zero-order valence-electron chi connectivity index (χ0n) is 15.1. The highest BCUT2D eigenvalue weighted by molar-refractivity contribution is 7.90. The number of amidine groups is 1. The molecule has 1 heterocycles. The molecule has 7 nitrogen and oxygen atoms in total. The van der Waals surface area contributed by atoms with Crippen molar-refractivity contribution in [2.75, 3.05) is 13.6 Å². The Morgan fingerprint density at radius 3 is 2.46 bits per heavy atom. The van der Waals surface area contributed by atoms with E-state index in [0.717, 1.165) is 12.1 Å². The van der Waals surface area contributed by atoms with Gasteiger partial charge in [0.25, 0.3) is 10.0 Å². The fourth-order valence-corrected chi connectivity index (χ4v) is 4.02. The number of halogens is 1. The van der Waals surface area contributed by atoms with Gasteiger partial charge in [-0.25, -0.2) is 4.39 Å². The predicted octanol–water partition coefficient (Wildman–Crippen LogP) is 2.02. The van der Waals surface area contributed by atoms with Crippen LogP contribution in [0.1, 0.15) is 22.8 Å². The highest BCUT2D eigenvalue weighted by Gasteiger charge is 2.31. The van der Waals surface area contributed by atoms with Crippen molar-refractivity contribution in [1.82, 2.24) is 4.90 Å². The van der Waals surface area contributed by atoms with Crippen molar-refractivity contribution in [2.45, 2.75) is 17.9 Å². The van der Waals surface area contributed by atoms with Gasteiger partial charge in [0, 0.05) is 18.2 Å². The number of hydrogen-bond donors (Lipinski definition) is 0. The third-order valence-corrected chi connectivity index (χ3v) is 5.47. The number of carbonyl (C=O) groups excluding carboxylic acids is 2. The van der Waals surface area contributed by atoms with Crippen molar-refractivity contribution >= 4 is 27.6 Å². The van der Waals surface area contributed by atoms with Crippen molar-refractivity contribution in [3.63, 3.8) is 0 Å². The van der Waals surface area contributed by atoms with Crippen LogP contribution in [-0.2, 0) is 19.6 Å². The van der Waals surface area contributed by atoms with Crippen LogP contribution in [0.3, 0.4) is 0 Å². The molecule has 0 N–H and O–H groups in total. The maximum Gasteiger partial charge on any atom is 0.326 e. The molecule has 9 heteroatoms. The fraction of sp³-hybridized carbons (Fsp3) is 0.211. The molecule has 0 bridgehead atoms. The van der Waals surface area contributed by atoms with E-state index in [1.54, 1.807) is 18.2 Å². The van der Waals surface area contributed by atoms with Gasteiger partial charge in [0.1, 0.15) is 17.3 Å². The molecular weight excluding hydrogens is 387 g/mol. The van der Waals surface area contributed by atoms with Crippen molar-refractivity contribution in [3.05, 3.63) is 65.5 Å². The first kappa shape index (κ1) is 19.7. The third kappa shape index (κ3) is 3.94. The normalized spacial score (nSPS) is 15.3. The Kier molecular flexibility index (Phi) is 5.28. The molecular formula is C19H17FN2O5S. The SMILES string of the molecule is C[C@@H](OC(=O)CN(C)C1=NS(=O)(=O)c2ccccc21)C(=O)c1ccc(F)cc1. The largest absolute Gasteiger partial charge is 0.453 e. The van der Waals surface area contributed by atoms with Gasteiger partial charge < -0.3 is 9.64 Å². The number of sulfonamides is 1. The Labute approximate surface area is 161 Å². The molecule has 1 aliphatic heterocycles. The van der Waals surface area contributed by atoms with Crippen LogP contribution in [0.4, 0.5) is 4.39 Å². The first-order valence-electron chi connectivity index (χ1n) is 8.34. The Hall–Kier alpha value is -3.07. The second-order valence-electron chi connectivity index (χ2n) is 6.25. The summed E-state index contributed by atoms with van der Waals surface area (Å²) in [6.45, 7) is 1.11. The van der Waals surface area contributed by atoms with E-state index in [1.807, 2.05) is 0 Å². The smallest absolute Gasteiger partial charge is 0.326 e. The molecule has 0 amide bonds. The molecule has 1 aliphatic rings. The van der Waals surface area contributed by atoms with Crippen LogP contribution in [0.2, 0.25) is 0 Å². The van der Waals surface area contributed by atoms with E-state index in [2.05, 4.69) is 4.40 Å². The monoisotopic (exact) mass is 404 g/mol. The number of nitrogens with zero attached hydrogens (tertiary/aromatic N) is 2. The van der Waals surface area contributed by atoms with Crippen LogP contribution in [0.15, 0.2) is 57.8 Å². The first-order valence-corrected chi connectivity index (χ1v) is 9.78. The summed E-state index contributed by atoms with van der Waals surface area (Å²) >= 11 is 0. The minimum absolute atomic E-state index is 0.0741. The van der Waals surface area contributed by atoms with Gasteiger partial charge in [-0.3, -0.25) is 9.59 Å². The maximum atomic E-state index is 13.0. The number of Topliss-reactive ketones (excluding diaryl/α,β-unsaturated/α-hetero) is 1. The van der Waals surface area contributed by atoms with E-state index < -0.39 is 33.7 Å². The molecule has 146 valence electrons. The number of benzene rings is 2. The number of likely N-dealkylation sites (N-methyl/N-ethyl adjacent to an activating group) is 1. The van der Waals surface area contributed by atoms with Gasteiger partial charge >= 0.3 is 5.97 Å². The van der Waals surface area contributed by atoms with Gasteiger partial charge in [-0.2, -0.15) is 8.42 Å². The summed E-state index contributed by atoms with van der Waals surface area (Å²) in [6.07, 6.45) is -1.08. The van der Waals surface area contributed by atoms with Gasteiger partial charge in [-0.05, 0) is 43.3 Å². The Bertz CT molecular complexity index is 1060. The summed E-state index contributed by atoms with van der Waals surface area (Å²) in [5.74, 6) is -1.54. The lowest BCUT2D eigenvalue weighted by Crippen LogP contribution is -2.35. The standard InChI is InChI=1S/C19H17FN2O5S/c1-12(18(24)13-7-9-14(20)10-8-13)27-17(23)11-22(2)19-15-5-3-4-6-16(15)28(25,26)21-19/h3-10,12H,11H2,1-2H3/t12-/m1/s1. The van der Waals surface area contributed by atoms with Crippen LogP contribution in [-0.4, -0.2) is 50.6 Å². The molecule has 28 heavy (non-hydrogen) atoms. The molecule has 0 saturated heterocycles. The number of carbonyl (C=O) groups is 2. The molecule has 0 spiro atoms. The molecule has 3 rings (SSSR count). The maximum absolute atomic E-state index is 13.0. The number of rotatable bonds is 5. The summed E-state index contributed by atoms with van der Waals surface area (Å²) in [5.41, 5.74) is 0.614. The Morgan fingerprint density at radius 2 is 1.79 bits per heavy atom. The molecule has 1 atom stereocenters. The van der Waals surface area contributed by atoms with Gasteiger partial charge in [0.2, 0.25) is 5.78 Å². The highest BCUT2D eigenvalue weighted by Crippen LogP contribution is 2.26. The fourth-order valence-electron chi connectivity index (χ4n) is 2.77. The van der Waals surface area contributed by atoms with E-state index in [-0.39, 0.29) is 22.8 Å². The van der Waals surface area contributed by atoms with E-state index in [0.29, 0.717) is 5.56 Å². The Balaban J connectivity index is 1.67. The molecule has 0 saturated carbocycles. The Morgan fingerprint density at radius 1 is 1.14 bits per heavy atom. The third-order valence-electron chi connectivity index (χ3n) is 4.15. The number of ether oxygens (including phenoxy) is 1. The molecule has 0 unspecified atom stereocenters. The van der Waals surface area contributed by atoms with Crippen molar-refractivity contribution in [3.8, 4) is 0 Å². The number of hydrogen-bond acceptors (Lipinski definition) is 6. The summed E-state index contributed by atoms with van der Waals surface area (Å²) in [4.78, 5) is 25.9. The van der Waals surface area contributed by atoms with Crippen molar-refractivity contribution < 1.29 is 27.1 Å². The van der Waals surface area contributed by atoms with Crippen molar-refractivity contribution in [1.29, 1.82) is 0 Å². The number of fused-ring (bicyclic) bond motifs is 1. The highest BCUT2D eigenvalue weighted by atomic mass is 32.2. The van der Waals surface area contributed by atoms with Crippen molar-refractivity contribution in [2.24, 2.45) is 4.40 Å². The van der Waals surface area contributed by atoms with E-state index in [1.165, 1.54) is 37.1 Å². The minimum atomic E-state index is -3.80. The summed E-state index contributed by atoms with van der Waals surface area (Å²) in [5, 5.41) is 0. The van der Waals surface area contributed by atoms with Crippen LogP contribution < -0.4 is 0 Å². The van der Waals surface area contributed by atoms with E-state index >= 15 is 0 Å². The quantitative estimate of drug-likeness (QED) is 0.559. The van der Waals surface area contributed by atoms with Crippen LogP contribution >= 0.6 is 0 Å². The van der Waals surface area contributed by atoms with Crippen LogP contribution in [0.5, 0.6) is 0 Å². The van der Waals surface area contributed by atoms with Crippen LogP contribution in [0, 0.1) is 5.82 Å². The molecule has 0 aromatic heterocycles. The summed E-state index contributed by atoms with van der Waals surface area (Å²) in [7, 11) is -2.30. The molecule has 2 aromatic rings. The van der Waals surface area contributed by atoms with Gasteiger partial charge in [0.05, 0.1) is 0 Å². The van der Waals surface area contributed by atoms with E-state index in [4.69, 9.17) is 4.74 Å². The second kappa shape index (κ2) is 7.51. The first-order chi connectivity index (χ1) is 13.2. The lowest BCUT2D eigenvalue weighted by Gasteiger charge is -2.19. The summed E-state index contributed by atoms with van der Waals surface area (Å²) < 4.78 is 46.0. The minimum Gasteiger partial charge on any atom is -0.453 e. The second-order valence-corrected chi connectivity index (χ2v) is 7.82. The van der Waals surface area contributed by atoms with Crippen LogP contribution in [0.25, 0.3) is 0 Å². The lowest BCUT2D eigenvalue weighted by molar-refractivity contribution is -0.146.